The Labute approximate surface area is 162 Å². The quantitative estimate of drug-likeness (QED) is 0.553. The minimum absolute atomic E-state index is 0.0350. The monoisotopic (exact) mass is 379 g/mol. The van der Waals surface area contributed by atoms with Gasteiger partial charge in [-0.3, -0.25) is 4.90 Å². The van der Waals surface area contributed by atoms with Crippen molar-refractivity contribution in [2.75, 3.05) is 13.2 Å². The molecule has 1 atom stereocenters. The molecule has 1 aromatic carbocycles. The fourth-order valence-corrected chi connectivity index (χ4v) is 2.61. The van der Waals surface area contributed by atoms with E-state index in [9.17, 15) is 14.7 Å². The molecule has 0 fully saturated rings. The molecule has 0 spiro atoms. The summed E-state index contributed by atoms with van der Waals surface area (Å²) in [5.41, 5.74) is -0.385. The van der Waals surface area contributed by atoms with Crippen LogP contribution in [0.25, 0.3) is 0 Å². The van der Waals surface area contributed by atoms with Crippen LogP contribution >= 0.6 is 0 Å². The fourth-order valence-electron chi connectivity index (χ4n) is 2.61. The molecule has 0 amide bonds. The molecule has 1 unspecified atom stereocenters. The maximum atomic E-state index is 12.9. The van der Waals surface area contributed by atoms with Crippen molar-refractivity contribution in [3.63, 3.8) is 0 Å². The SMILES string of the molecule is CC(C)(C)OC(=O)C(C(=O)OCc1ccccc1)N(CCCO)C(C)(C)C. The van der Waals surface area contributed by atoms with Gasteiger partial charge in [-0.15, -0.1) is 0 Å². The Hall–Kier alpha value is -1.92. The standard InChI is InChI=1S/C21H33NO5/c1-20(2,3)22(13-10-14-23)17(19(25)27-21(4,5)6)18(24)26-15-16-11-8-7-9-12-16/h7-9,11-12,17,23H,10,13-15H2,1-6H3. The van der Waals surface area contributed by atoms with Crippen LogP contribution in [0.4, 0.5) is 0 Å². The summed E-state index contributed by atoms with van der Waals surface area (Å²) in [4.78, 5) is 27.4. The Morgan fingerprint density at radius 1 is 1.04 bits per heavy atom. The van der Waals surface area contributed by atoms with Crippen molar-refractivity contribution in [3.05, 3.63) is 35.9 Å². The number of carbonyl (C=O) groups excluding carboxylic acids is 2. The fraction of sp³-hybridized carbons (Fsp3) is 0.619. The molecule has 0 radical (unpaired) electrons. The summed E-state index contributed by atoms with van der Waals surface area (Å²) >= 11 is 0. The molecule has 0 aliphatic carbocycles. The van der Waals surface area contributed by atoms with E-state index in [2.05, 4.69) is 0 Å². The molecule has 0 saturated carbocycles. The van der Waals surface area contributed by atoms with Crippen LogP contribution in [0.1, 0.15) is 53.5 Å². The third kappa shape index (κ3) is 8.10. The number of ether oxygens (including phenoxy) is 2. The van der Waals surface area contributed by atoms with Crippen molar-refractivity contribution in [3.8, 4) is 0 Å². The molecule has 0 saturated heterocycles. The number of nitrogens with zero attached hydrogens (tertiary/aromatic N) is 1. The van der Waals surface area contributed by atoms with Gasteiger partial charge in [0, 0.05) is 18.7 Å². The third-order valence-corrected chi connectivity index (χ3v) is 3.81. The summed E-state index contributed by atoms with van der Waals surface area (Å²) in [6.07, 6.45) is 0.433. The Bertz CT molecular complexity index is 601. The molecule has 0 aromatic heterocycles. The van der Waals surface area contributed by atoms with E-state index in [4.69, 9.17) is 9.47 Å². The Morgan fingerprint density at radius 3 is 2.11 bits per heavy atom. The van der Waals surface area contributed by atoms with Crippen molar-refractivity contribution in [1.82, 2.24) is 4.90 Å². The predicted octanol–water partition coefficient (Wildman–Crippen LogP) is 2.92. The summed E-state index contributed by atoms with van der Waals surface area (Å²) in [5, 5.41) is 9.22. The predicted molar refractivity (Wildman–Crippen MR) is 104 cm³/mol. The van der Waals surface area contributed by atoms with Crippen molar-refractivity contribution in [2.24, 2.45) is 0 Å². The lowest BCUT2D eigenvalue weighted by molar-refractivity contribution is -0.175. The van der Waals surface area contributed by atoms with E-state index in [0.717, 1.165) is 5.56 Å². The highest BCUT2D eigenvalue weighted by atomic mass is 16.6. The number of aliphatic hydroxyl groups is 1. The molecule has 6 nitrogen and oxygen atoms in total. The van der Waals surface area contributed by atoms with Crippen LogP contribution < -0.4 is 0 Å². The molecule has 152 valence electrons. The summed E-state index contributed by atoms with van der Waals surface area (Å²) in [5.74, 6) is -1.30. The number of hydrogen-bond acceptors (Lipinski definition) is 6. The van der Waals surface area contributed by atoms with Gasteiger partial charge in [0.1, 0.15) is 12.2 Å². The van der Waals surface area contributed by atoms with Gasteiger partial charge in [-0.05, 0) is 53.5 Å². The van der Waals surface area contributed by atoms with Gasteiger partial charge in [0.25, 0.3) is 0 Å². The largest absolute Gasteiger partial charge is 0.459 e. The molecule has 0 bridgehead atoms. The number of esters is 2. The van der Waals surface area contributed by atoms with E-state index < -0.39 is 29.1 Å². The van der Waals surface area contributed by atoms with Gasteiger partial charge in [-0.25, -0.2) is 9.59 Å². The van der Waals surface area contributed by atoms with Crippen LogP contribution in [-0.2, 0) is 25.7 Å². The maximum absolute atomic E-state index is 12.9. The van der Waals surface area contributed by atoms with Crippen LogP contribution in [0, 0.1) is 0 Å². The lowest BCUT2D eigenvalue weighted by Gasteiger charge is -2.40. The van der Waals surface area contributed by atoms with Crippen molar-refractivity contribution in [2.45, 2.75) is 71.8 Å². The molecule has 0 heterocycles. The second-order valence-electron chi connectivity index (χ2n) is 8.47. The third-order valence-electron chi connectivity index (χ3n) is 3.81. The minimum atomic E-state index is -1.19. The zero-order chi connectivity index (χ0) is 20.7. The molecule has 1 N–H and O–H groups in total. The highest BCUT2D eigenvalue weighted by Gasteiger charge is 2.42. The van der Waals surface area contributed by atoms with Crippen LogP contribution in [0.5, 0.6) is 0 Å². The van der Waals surface area contributed by atoms with Crippen molar-refractivity contribution < 1.29 is 24.2 Å². The summed E-state index contributed by atoms with van der Waals surface area (Å²) in [6.45, 7) is 11.4. The molecule has 0 aliphatic rings. The van der Waals surface area contributed by atoms with Gasteiger partial charge >= 0.3 is 11.9 Å². The Balaban J connectivity index is 3.06. The molecule has 0 aliphatic heterocycles. The normalized spacial score (nSPS) is 13.3. The first kappa shape index (κ1) is 23.1. The second kappa shape index (κ2) is 9.85. The van der Waals surface area contributed by atoms with Crippen LogP contribution in [0.3, 0.4) is 0 Å². The van der Waals surface area contributed by atoms with Gasteiger partial charge in [0.05, 0.1) is 0 Å². The molecular weight excluding hydrogens is 346 g/mol. The van der Waals surface area contributed by atoms with E-state index in [1.54, 1.807) is 25.7 Å². The first-order valence-electron chi connectivity index (χ1n) is 9.27. The van der Waals surface area contributed by atoms with E-state index in [0.29, 0.717) is 13.0 Å². The van der Waals surface area contributed by atoms with Gasteiger partial charge in [-0.1, -0.05) is 30.3 Å². The number of carbonyl (C=O) groups is 2. The van der Waals surface area contributed by atoms with Crippen molar-refractivity contribution >= 4 is 11.9 Å². The first-order chi connectivity index (χ1) is 12.5. The van der Waals surface area contributed by atoms with E-state index in [1.165, 1.54) is 0 Å². The molecular formula is C21H33NO5. The van der Waals surface area contributed by atoms with E-state index >= 15 is 0 Å². The minimum Gasteiger partial charge on any atom is -0.459 e. The summed E-state index contributed by atoms with van der Waals surface area (Å²) < 4.78 is 10.9. The second-order valence-corrected chi connectivity index (χ2v) is 8.47. The first-order valence-corrected chi connectivity index (χ1v) is 9.27. The van der Waals surface area contributed by atoms with Crippen LogP contribution in [0.2, 0.25) is 0 Å². The molecule has 1 rings (SSSR count). The summed E-state index contributed by atoms with van der Waals surface area (Å²) in [7, 11) is 0. The van der Waals surface area contributed by atoms with Gasteiger partial charge in [0.2, 0.25) is 6.04 Å². The van der Waals surface area contributed by atoms with Crippen LogP contribution in [0.15, 0.2) is 30.3 Å². The number of rotatable bonds is 8. The lowest BCUT2D eigenvalue weighted by atomic mass is 10.0. The smallest absolute Gasteiger partial charge is 0.335 e. The number of hydrogen-bond donors (Lipinski definition) is 1. The highest BCUT2D eigenvalue weighted by Crippen LogP contribution is 2.22. The average Bonchev–Trinajstić information content (AvgIpc) is 2.54. The Morgan fingerprint density at radius 2 is 1.63 bits per heavy atom. The topological polar surface area (TPSA) is 76.1 Å². The Kier molecular flexibility index (Phi) is 8.44. The summed E-state index contributed by atoms with van der Waals surface area (Å²) in [6, 6.07) is 8.10. The highest BCUT2D eigenvalue weighted by molar-refractivity contribution is 5.99. The molecule has 27 heavy (non-hydrogen) atoms. The van der Waals surface area contributed by atoms with Gasteiger partial charge in [0.15, 0.2) is 0 Å². The van der Waals surface area contributed by atoms with Gasteiger partial charge in [-0.2, -0.15) is 0 Å². The zero-order valence-electron chi connectivity index (χ0n) is 17.3. The lowest BCUT2D eigenvalue weighted by Crippen LogP contribution is -2.57. The van der Waals surface area contributed by atoms with E-state index in [1.807, 2.05) is 51.1 Å². The van der Waals surface area contributed by atoms with Crippen molar-refractivity contribution in [1.29, 1.82) is 0 Å². The molecule has 1 aromatic rings. The van der Waals surface area contributed by atoms with Gasteiger partial charge < -0.3 is 14.6 Å². The van der Waals surface area contributed by atoms with E-state index in [-0.39, 0.29) is 13.2 Å². The zero-order valence-corrected chi connectivity index (χ0v) is 17.3. The number of aliphatic hydroxyl groups excluding tert-OH is 1. The molecule has 6 heteroatoms. The number of benzene rings is 1. The average molecular weight is 379 g/mol. The maximum Gasteiger partial charge on any atom is 0.335 e. The van der Waals surface area contributed by atoms with Crippen LogP contribution in [-0.4, -0.2) is 52.3 Å².